The van der Waals surface area contributed by atoms with Crippen LogP contribution in [0.5, 0.6) is 0 Å². The molecule has 0 spiro atoms. The average Bonchev–Trinajstić information content (AvgIpc) is 3.12. The van der Waals surface area contributed by atoms with E-state index in [2.05, 4.69) is 5.32 Å². The van der Waals surface area contributed by atoms with Crippen LogP contribution in [0.1, 0.15) is 32.4 Å². The van der Waals surface area contributed by atoms with Crippen molar-refractivity contribution in [3.63, 3.8) is 0 Å². The first-order valence-corrected chi connectivity index (χ1v) is 9.79. The summed E-state index contributed by atoms with van der Waals surface area (Å²) in [5, 5.41) is 5.43. The summed E-state index contributed by atoms with van der Waals surface area (Å²) in [6.07, 6.45) is 0. The molecule has 4 nitrogen and oxygen atoms in total. The zero-order valence-corrected chi connectivity index (χ0v) is 16.2. The van der Waals surface area contributed by atoms with E-state index in [0.717, 1.165) is 16.0 Å². The molecular formula is C21H17ClN2O2S. The number of amides is 2. The number of anilines is 1. The monoisotopic (exact) mass is 396 g/mol. The molecule has 1 aromatic heterocycles. The molecule has 1 aliphatic rings. The minimum Gasteiger partial charge on any atom is -0.324 e. The van der Waals surface area contributed by atoms with E-state index in [0.29, 0.717) is 16.3 Å². The van der Waals surface area contributed by atoms with Gasteiger partial charge in [-0.25, -0.2) is 0 Å². The third kappa shape index (κ3) is 3.48. The molecule has 2 aromatic carbocycles. The Kier molecular flexibility index (Phi) is 4.72. The van der Waals surface area contributed by atoms with E-state index < -0.39 is 0 Å². The standard InChI is InChI=1S/C21H17ClN2O2S/c1-13-4-2-5-14(10-13)21(26)24-12-19(25)23-17-8-7-15(22)11-16(17)20(24)18-6-3-9-27-18/h2-11,20H,12H2,1H3,(H,23,25). The van der Waals surface area contributed by atoms with Gasteiger partial charge in [0.15, 0.2) is 0 Å². The number of benzene rings is 2. The van der Waals surface area contributed by atoms with Crippen molar-refractivity contribution in [3.8, 4) is 0 Å². The summed E-state index contributed by atoms with van der Waals surface area (Å²) in [6, 6.07) is 16.3. The first-order valence-electron chi connectivity index (χ1n) is 8.53. The number of carbonyl (C=O) groups is 2. The number of carbonyl (C=O) groups excluding carboxylic acids is 2. The number of nitrogens with one attached hydrogen (secondary N) is 1. The zero-order valence-electron chi connectivity index (χ0n) is 14.6. The van der Waals surface area contributed by atoms with Gasteiger partial charge < -0.3 is 10.2 Å². The molecule has 0 saturated carbocycles. The summed E-state index contributed by atoms with van der Waals surface area (Å²) < 4.78 is 0. The molecule has 1 unspecified atom stereocenters. The molecule has 2 amide bonds. The van der Waals surface area contributed by atoms with E-state index in [-0.39, 0.29) is 24.4 Å². The van der Waals surface area contributed by atoms with Gasteiger partial charge in [0.2, 0.25) is 5.91 Å². The van der Waals surface area contributed by atoms with E-state index in [1.54, 1.807) is 34.4 Å². The molecule has 6 heteroatoms. The Balaban J connectivity index is 1.88. The van der Waals surface area contributed by atoms with Crippen molar-refractivity contribution >= 4 is 40.4 Å². The van der Waals surface area contributed by atoms with E-state index in [4.69, 9.17) is 11.6 Å². The predicted octanol–water partition coefficient (Wildman–Crippen LogP) is 4.89. The molecular weight excluding hydrogens is 380 g/mol. The maximum absolute atomic E-state index is 13.4. The van der Waals surface area contributed by atoms with Crippen LogP contribution in [0.4, 0.5) is 5.69 Å². The molecule has 1 atom stereocenters. The first-order chi connectivity index (χ1) is 13.0. The smallest absolute Gasteiger partial charge is 0.255 e. The predicted molar refractivity (Wildman–Crippen MR) is 108 cm³/mol. The lowest BCUT2D eigenvalue weighted by molar-refractivity contribution is -0.117. The van der Waals surface area contributed by atoms with E-state index in [9.17, 15) is 9.59 Å². The lowest BCUT2D eigenvalue weighted by Gasteiger charge is -2.29. The van der Waals surface area contributed by atoms with Crippen LogP contribution in [-0.4, -0.2) is 23.3 Å². The Morgan fingerprint density at radius 2 is 2.04 bits per heavy atom. The zero-order chi connectivity index (χ0) is 19.0. The van der Waals surface area contributed by atoms with Crippen LogP contribution >= 0.6 is 22.9 Å². The van der Waals surface area contributed by atoms with Crippen molar-refractivity contribution in [2.75, 3.05) is 11.9 Å². The minimum atomic E-state index is -0.384. The lowest BCUT2D eigenvalue weighted by atomic mass is 10.0. The second kappa shape index (κ2) is 7.18. The Morgan fingerprint density at radius 1 is 1.19 bits per heavy atom. The van der Waals surface area contributed by atoms with E-state index in [1.807, 2.05) is 48.7 Å². The highest BCUT2D eigenvalue weighted by Gasteiger charge is 2.34. The van der Waals surface area contributed by atoms with Gasteiger partial charge in [-0.3, -0.25) is 9.59 Å². The fourth-order valence-electron chi connectivity index (χ4n) is 3.36. The molecule has 0 bridgehead atoms. The Morgan fingerprint density at radius 3 is 2.78 bits per heavy atom. The number of thiophene rings is 1. The molecule has 136 valence electrons. The highest BCUT2D eigenvalue weighted by Crippen LogP contribution is 2.39. The minimum absolute atomic E-state index is 0.0261. The molecule has 0 fully saturated rings. The van der Waals surface area contributed by atoms with Gasteiger partial charge in [-0.05, 0) is 48.7 Å². The summed E-state index contributed by atoms with van der Waals surface area (Å²) in [4.78, 5) is 28.5. The largest absolute Gasteiger partial charge is 0.324 e. The van der Waals surface area contributed by atoms with Crippen molar-refractivity contribution in [1.29, 1.82) is 0 Å². The van der Waals surface area contributed by atoms with Crippen molar-refractivity contribution in [3.05, 3.63) is 86.6 Å². The summed E-state index contributed by atoms with van der Waals surface area (Å²) in [7, 11) is 0. The summed E-state index contributed by atoms with van der Waals surface area (Å²) in [5.74, 6) is -0.404. The van der Waals surface area contributed by atoms with Crippen LogP contribution in [-0.2, 0) is 4.79 Å². The average molecular weight is 397 g/mol. The number of nitrogens with zero attached hydrogens (tertiary/aromatic N) is 1. The van der Waals surface area contributed by atoms with Crippen LogP contribution in [0.2, 0.25) is 5.02 Å². The van der Waals surface area contributed by atoms with E-state index in [1.165, 1.54) is 0 Å². The number of halogens is 1. The van der Waals surface area contributed by atoms with Crippen LogP contribution in [0.15, 0.2) is 60.0 Å². The number of hydrogen-bond donors (Lipinski definition) is 1. The SMILES string of the molecule is Cc1cccc(C(=O)N2CC(=O)Nc3ccc(Cl)cc3C2c2cccs2)c1. The molecule has 3 aromatic rings. The van der Waals surface area contributed by atoms with Crippen molar-refractivity contribution in [2.24, 2.45) is 0 Å². The highest BCUT2D eigenvalue weighted by atomic mass is 35.5. The molecule has 0 aliphatic carbocycles. The maximum atomic E-state index is 13.4. The Bertz CT molecular complexity index is 1020. The van der Waals surface area contributed by atoms with Gasteiger partial charge in [-0.1, -0.05) is 35.4 Å². The van der Waals surface area contributed by atoms with Crippen molar-refractivity contribution in [1.82, 2.24) is 4.90 Å². The fraction of sp³-hybridized carbons (Fsp3) is 0.143. The van der Waals surface area contributed by atoms with Gasteiger partial charge in [-0.15, -0.1) is 11.3 Å². The molecule has 0 saturated heterocycles. The van der Waals surface area contributed by atoms with Crippen LogP contribution < -0.4 is 5.32 Å². The van der Waals surface area contributed by atoms with Gasteiger partial charge in [-0.2, -0.15) is 0 Å². The van der Waals surface area contributed by atoms with E-state index >= 15 is 0 Å². The van der Waals surface area contributed by atoms with Gasteiger partial charge >= 0.3 is 0 Å². The third-order valence-corrected chi connectivity index (χ3v) is 5.71. The molecule has 2 heterocycles. The molecule has 27 heavy (non-hydrogen) atoms. The van der Waals surface area contributed by atoms with Gasteiger partial charge in [0.05, 0.1) is 6.04 Å². The molecule has 1 aliphatic heterocycles. The van der Waals surface area contributed by atoms with Gasteiger partial charge in [0.1, 0.15) is 6.54 Å². The fourth-order valence-corrected chi connectivity index (χ4v) is 4.40. The second-order valence-corrected chi connectivity index (χ2v) is 7.92. The number of aryl methyl sites for hydroxylation is 1. The maximum Gasteiger partial charge on any atom is 0.255 e. The van der Waals surface area contributed by atoms with Gasteiger partial charge in [0, 0.05) is 26.7 Å². The number of fused-ring (bicyclic) bond motifs is 1. The lowest BCUT2D eigenvalue weighted by Crippen LogP contribution is -2.38. The topological polar surface area (TPSA) is 49.4 Å². The van der Waals surface area contributed by atoms with Crippen molar-refractivity contribution in [2.45, 2.75) is 13.0 Å². The molecule has 0 radical (unpaired) electrons. The number of rotatable bonds is 2. The van der Waals surface area contributed by atoms with Crippen LogP contribution in [0.25, 0.3) is 0 Å². The number of hydrogen-bond acceptors (Lipinski definition) is 3. The van der Waals surface area contributed by atoms with Crippen LogP contribution in [0, 0.1) is 6.92 Å². The molecule has 1 N–H and O–H groups in total. The first kappa shape index (κ1) is 17.8. The summed E-state index contributed by atoms with van der Waals surface area (Å²) in [5.41, 5.74) is 3.06. The van der Waals surface area contributed by atoms with Crippen molar-refractivity contribution < 1.29 is 9.59 Å². The normalized spacial score (nSPS) is 16.4. The molecule has 4 rings (SSSR count). The Labute approximate surface area is 166 Å². The highest BCUT2D eigenvalue weighted by molar-refractivity contribution is 7.10. The third-order valence-electron chi connectivity index (χ3n) is 4.55. The quantitative estimate of drug-likeness (QED) is 0.670. The Hall–Kier alpha value is -2.63. The second-order valence-electron chi connectivity index (χ2n) is 6.50. The summed E-state index contributed by atoms with van der Waals surface area (Å²) in [6.45, 7) is 1.92. The van der Waals surface area contributed by atoms with Crippen LogP contribution in [0.3, 0.4) is 0 Å². The van der Waals surface area contributed by atoms with Gasteiger partial charge in [0.25, 0.3) is 5.91 Å². The summed E-state index contributed by atoms with van der Waals surface area (Å²) >= 11 is 7.80.